The van der Waals surface area contributed by atoms with E-state index in [1.165, 1.54) is 11.1 Å². The van der Waals surface area contributed by atoms with Crippen LogP contribution in [0.15, 0.2) is 36.4 Å². The Hall–Kier alpha value is -2.45. The number of nitriles is 1. The highest BCUT2D eigenvalue weighted by Gasteiger charge is 2.10. The number of benzene rings is 1. The normalized spacial score (nSPS) is 10.5. The van der Waals surface area contributed by atoms with Gasteiger partial charge in [-0.1, -0.05) is 29.8 Å². The molecule has 0 amide bonds. The predicted molar refractivity (Wildman–Crippen MR) is 87.5 cm³/mol. The van der Waals surface area contributed by atoms with E-state index >= 15 is 0 Å². The van der Waals surface area contributed by atoms with Crippen molar-refractivity contribution in [1.29, 1.82) is 5.26 Å². The molecule has 0 spiro atoms. The Morgan fingerprint density at radius 1 is 1.09 bits per heavy atom. The van der Waals surface area contributed by atoms with E-state index in [9.17, 15) is 0 Å². The van der Waals surface area contributed by atoms with Gasteiger partial charge in [-0.15, -0.1) is 10.2 Å². The van der Waals surface area contributed by atoms with Crippen LogP contribution in [0, 0.1) is 18.3 Å². The van der Waals surface area contributed by atoms with Crippen molar-refractivity contribution in [2.75, 3.05) is 32.1 Å². The molecule has 0 aliphatic carbocycles. The van der Waals surface area contributed by atoms with Crippen LogP contribution in [0.1, 0.15) is 16.8 Å². The lowest BCUT2D eigenvalue weighted by Gasteiger charge is -2.25. The van der Waals surface area contributed by atoms with E-state index in [1.807, 2.05) is 12.1 Å². The van der Waals surface area contributed by atoms with Gasteiger partial charge in [-0.05, 0) is 38.7 Å². The second-order valence-corrected chi connectivity index (χ2v) is 5.60. The Labute approximate surface area is 131 Å². The van der Waals surface area contributed by atoms with Crippen LogP contribution < -0.4 is 4.90 Å². The minimum atomic E-state index is 0.340. The molecule has 0 saturated heterocycles. The van der Waals surface area contributed by atoms with Crippen LogP contribution in [0.3, 0.4) is 0 Å². The van der Waals surface area contributed by atoms with Crippen LogP contribution >= 0.6 is 0 Å². The SMILES string of the molecule is Cc1cccc(CN(CCN(C)C)c2ccc(C#N)nn2)c1. The fourth-order valence-corrected chi connectivity index (χ4v) is 2.18. The molecule has 0 aliphatic rings. The molecule has 0 N–H and O–H groups in total. The molecule has 5 nitrogen and oxygen atoms in total. The summed E-state index contributed by atoms with van der Waals surface area (Å²) >= 11 is 0. The highest BCUT2D eigenvalue weighted by molar-refractivity contribution is 5.40. The number of nitrogens with zero attached hydrogens (tertiary/aromatic N) is 5. The van der Waals surface area contributed by atoms with E-state index in [-0.39, 0.29) is 0 Å². The fraction of sp³-hybridized carbons (Fsp3) is 0.353. The molecule has 1 heterocycles. The fourth-order valence-electron chi connectivity index (χ4n) is 2.18. The van der Waals surface area contributed by atoms with Crippen LogP contribution in [0.5, 0.6) is 0 Å². The largest absolute Gasteiger partial charge is 0.350 e. The van der Waals surface area contributed by atoms with Crippen molar-refractivity contribution < 1.29 is 0 Å². The van der Waals surface area contributed by atoms with Gasteiger partial charge in [0.15, 0.2) is 11.5 Å². The lowest BCUT2D eigenvalue weighted by atomic mass is 10.1. The Kier molecular flexibility index (Phi) is 5.45. The monoisotopic (exact) mass is 295 g/mol. The lowest BCUT2D eigenvalue weighted by molar-refractivity contribution is 0.412. The molecular weight excluding hydrogens is 274 g/mol. The molecule has 0 radical (unpaired) electrons. The first-order chi connectivity index (χ1) is 10.6. The summed E-state index contributed by atoms with van der Waals surface area (Å²) in [5.74, 6) is 0.794. The van der Waals surface area contributed by atoms with E-state index in [0.717, 1.165) is 25.5 Å². The van der Waals surface area contributed by atoms with Gasteiger partial charge in [0.25, 0.3) is 0 Å². The van der Waals surface area contributed by atoms with E-state index in [0.29, 0.717) is 5.69 Å². The number of aromatic nitrogens is 2. The van der Waals surface area contributed by atoms with Gasteiger partial charge >= 0.3 is 0 Å². The molecule has 5 heteroatoms. The topological polar surface area (TPSA) is 56.0 Å². The molecule has 1 aromatic heterocycles. The second-order valence-electron chi connectivity index (χ2n) is 5.60. The summed E-state index contributed by atoms with van der Waals surface area (Å²) in [6, 6.07) is 14.0. The smallest absolute Gasteiger partial charge is 0.163 e. The zero-order valence-electron chi connectivity index (χ0n) is 13.3. The average molecular weight is 295 g/mol. The Morgan fingerprint density at radius 3 is 2.50 bits per heavy atom. The van der Waals surface area contributed by atoms with E-state index < -0.39 is 0 Å². The van der Waals surface area contributed by atoms with Crippen LogP contribution in [-0.4, -0.2) is 42.3 Å². The van der Waals surface area contributed by atoms with E-state index in [1.54, 1.807) is 6.07 Å². The maximum absolute atomic E-state index is 8.84. The second kappa shape index (κ2) is 7.53. The van der Waals surface area contributed by atoms with Gasteiger partial charge in [0.2, 0.25) is 0 Å². The molecule has 0 atom stereocenters. The van der Waals surface area contributed by atoms with Crippen LogP contribution in [-0.2, 0) is 6.54 Å². The minimum Gasteiger partial charge on any atom is -0.350 e. The summed E-state index contributed by atoms with van der Waals surface area (Å²) in [4.78, 5) is 4.32. The van der Waals surface area contributed by atoms with Gasteiger partial charge in [-0.25, -0.2) is 0 Å². The van der Waals surface area contributed by atoms with Crippen molar-refractivity contribution in [1.82, 2.24) is 15.1 Å². The number of rotatable bonds is 6. The van der Waals surface area contributed by atoms with E-state index in [2.05, 4.69) is 65.3 Å². The average Bonchev–Trinajstić information content (AvgIpc) is 2.51. The zero-order valence-corrected chi connectivity index (χ0v) is 13.3. The lowest BCUT2D eigenvalue weighted by Crippen LogP contribution is -2.32. The highest BCUT2D eigenvalue weighted by Crippen LogP contribution is 2.15. The predicted octanol–water partition coefficient (Wildman–Crippen LogP) is 2.22. The van der Waals surface area contributed by atoms with Gasteiger partial charge in [0.05, 0.1) is 0 Å². The van der Waals surface area contributed by atoms with Crippen molar-refractivity contribution in [2.24, 2.45) is 0 Å². The van der Waals surface area contributed by atoms with Gasteiger partial charge in [-0.3, -0.25) is 0 Å². The molecule has 0 saturated carbocycles. The molecule has 0 bridgehead atoms. The van der Waals surface area contributed by atoms with E-state index in [4.69, 9.17) is 5.26 Å². The first-order valence-electron chi connectivity index (χ1n) is 7.27. The molecule has 0 aliphatic heterocycles. The number of anilines is 1. The Bertz CT molecular complexity index is 643. The molecule has 114 valence electrons. The first-order valence-corrected chi connectivity index (χ1v) is 7.27. The summed E-state index contributed by atoms with van der Waals surface area (Å²) in [6.45, 7) is 4.64. The quantitative estimate of drug-likeness (QED) is 0.818. The standard InChI is InChI=1S/C17H21N5/c1-14-5-4-6-15(11-14)13-22(10-9-21(2)3)17-8-7-16(12-18)19-20-17/h4-8,11H,9-10,13H2,1-3H3. The summed E-state index contributed by atoms with van der Waals surface area (Å²) in [6.07, 6.45) is 0. The van der Waals surface area contributed by atoms with Crippen LogP contribution in [0.2, 0.25) is 0 Å². The number of likely N-dealkylation sites (N-methyl/N-ethyl adjacent to an activating group) is 1. The molecule has 0 fully saturated rings. The maximum Gasteiger partial charge on any atom is 0.163 e. The van der Waals surface area contributed by atoms with Crippen molar-refractivity contribution in [3.8, 4) is 6.07 Å². The zero-order chi connectivity index (χ0) is 15.9. The first kappa shape index (κ1) is 15.9. The Morgan fingerprint density at radius 2 is 1.91 bits per heavy atom. The Balaban J connectivity index is 2.19. The number of hydrogen-bond donors (Lipinski definition) is 0. The summed E-state index contributed by atoms with van der Waals surface area (Å²) in [7, 11) is 4.10. The van der Waals surface area contributed by atoms with Gasteiger partial charge < -0.3 is 9.80 Å². The number of hydrogen-bond acceptors (Lipinski definition) is 5. The van der Waals surface area contributed by atoms with Crippen molar-refractivity contribution in [3.63, 3.8) is 0 Å². The number of aryl methyl sites for hydroxylation is 1. The summed E-state index contributed by atoms with van der Waals surface area (Å²) < 4.78 is 0. The summed E-state index contributed by atoms with van der Waals surface area (Å²) in [5, 5.41) is 17.0. The molecule has 1 aromatic carbocycles. The summed E-state index contributed by atoms with van der Waals surface area (Å²) in [5.41, 5.74) is 2.83. The third-order valence-corrected chi connectivity index (χ3v) is 3.36. The van der Waals surface area contributed by atoms with Crippen LogP contribution in [0.4, 0.5) is 5.82 Å². The van der Waals surface area contributed by atoms with Gasteiger partial charge in [0, 0.05) is 19.6 Å². The van der Waals surface area contributed by atoms with Gasteiger partial charge in [0.1, 0.15) is 6.07 Å². The molecule has 2 aromatic rings. The van der Waals surface area contributed by atoms with Crippen LogP contribution in [0.25, 0.3) is 0 Å². The van der Waals surface area contributed by atoms with Crippen molar-refractivity contribution in [3.05, 3.63) is 53.2 Å². The molecule has 0 unspecified atom stereocenters. The van der Waals surface area contributed by atoms with Crippen molar-refractivity contribution >= 4 is 5.82 Å². The minimum absolute atomic E-state index is 0.340. The molecule has 22 heavy (non-hydrogen) atoms. The molecule has 2 rings (SSSR count). The van der Waals surface area contributed by atoms with Gasteiger partial charge in [-0.2, -0.15) is 5.26 Å². The third kappa shape index (κ3) is 4.54. The third-order valence-electron chi connectivity index (χ3n) is 3.36. The molecular formula is C17H21N5. The highest BCUT2D eigenvalue weighted by atomic mass is 15.3. The van der Waals surface area contributed by atoms with Crippen molar-refractivity contribution in [2.45, 2.75) is 13.5 Å². The maximum atomic E-state index is 8.84.